The van der Waals surface area contributed by atoms with Crippen LogP contribution in [0.5, 0.6) is 5.75 Å². The van der Waals surface area contributed by atoms with Gasteiger partial charge in [0.25, 0.3) is 0 Å². The second kappa shape index (κ2) is 9.63. The van der Waals surface area contributed by atoms with Crippen LogP contribution in [0.1, 0.15) is 12.0 Å². The third-order valence-corrected chi connectivity index (χ3v) is 5.20. The number of rotatable bonds is 7. The summed E-state index contributed by atoms with van der Waals surface area (Å²) in [6.07, 6.45) is 3.78. The highest BCUT2D eigenvalue weighted by molar-refractivity contribution is 5.85. The minimum absolute atomic E-state index is 0.0806. The number of nitrogens with zero attached hydrogens (tertiary/aromatic N) is 3. The van der Waals surface area contributed by atoms with Crippen molar-refractivity contribution in [1.29, 1.82) is 0 Å². The lowest BCUT2D eigenvalue weighted by Crippen LogP contribution is -2.36. The molecule has 1 aliphatic rings. The summed E-state index contributed by atoms with van der Waals surface area (Å²) in [5.41, 5.74) is 3.40. The summed E-state index contributed by atoms with van der Waals surface area (Å²) in [4.78, 5) is 21.2. The van der Waals surface area contributed by atoms with Gasteiger partial charge in [-0.1, -0.05) is 24.3 Å². The van der Waals surface area contributed by atoms with Crippen molar-refractivity contribution in [3.63, 3.8) is 0 Å². The van der Waals surface area contributed by atoms with Crippen molar-refractivity contribution in [2.45, 2.75) is 19.1 Å². The number of hydrogen-bond acceptors (Lipinski definition) is 6. The average molecular weight is 422 g/mol. The van der Waals surface area contributed by atoms with Gasteiger partial charge in [0.1, 0.15) is 18.5 Å². The number of carbonyl (C=O) groups is 1. The Bertz CT molecular complexity index is 991. The van der Waals surface area contributed by atoms with Gasteiger partial charge in [-0.3, -0.25) is 9.94 Å². The van der Waals surface area contributed by atoms with E-state index in [1.807, 2.05) is 61.8 Å². The normalized spacial score (nSPS) is 16.3. The topological polar surface area (TPSA) is 79.9 Å². The average Bonchev–Trinajstić information content (AvgIpc) is 3.48. The van der Waals surface area contributed by atoms with E-state index in [4.69, 9.17) is 14.3 Å². The monoisotopic (exact) mass is 422 g/mol. The summed E-state index contributed by atoms with van der Waals surface area (Å²) in [5, 5.41) is 8.03. The molecule has 1 saturated heterocycles. The maximum atomic E-state index is 13.0. The third kappa shape index (κ3) is 5.22. The van der Waals surface area contributed by atoms with Crippen LogP contribution in [0.3, 0.4) is 0 Å². The molecule has 31 heavy (non-hydrogen) atoms. The number of likely N-dealkylation sites (N-methyl/N-ethyl adjacent to an activating group) is 1. The number of ether oxygens (including phenoxy) is 2. The van der Waals surface area contributed by atoms with Crippen LogP contribution in [0.2, 0.25) is 0 Å². The summed E-state index contributed by atoms with van der Waals surface area (Å²) in [6.45, 7) is 1.80. The maximum absolute atomic E-state index is 13.0. The summed E-state index contributed by atoms with van der Waals surface area (Å²) < 4.78 is 10.8. The number of methoxy groups -OCH3 is 1. The van der Waals surface area contributed by atoms with Gasteiger partial charge in [0, 0.05) is 24.8 Å². The number of anilines is 1. The molecule has 2 heterocycles. The standard InChI is InChI=1S/C23H26N4O4/c1-26-11-10-22(15-26)31-27(20-8-6-18(7-9-20)19-13-24-25-14-19)23(28)30-16-17-4-3-5-21(12-17)29-2/h3-9,12-14,22H,10-11,15-16H2,1-2H3,(H,24,25). The Labute approximate surface area is 181 Å². The van der Waals surface area contributed by atoms with E-state index in [2.05, 4.69) is 15.1 Å². The van der Waals surface area contributed by atoms with Crippen LogP contribution in [-0.2, 0) is 16.2 Å². The SMILES string of the molecule is COc1cccc(COC(=O)N(OC2CCN(C)C2)c2ccc(-c3cn[nH]c3)cc2)c1. The number of hydroxylamine groups is 1. The Morgan fingerprint density at radius 2 is 2.06 bits per heavy atom. The lowest BCUT2D eigenvalue weighted by Gasteiger charge is -2.25. The first-order valence-electron chi connectivity index (χ1n) is 10.2. The Hall–Kier alpha value is -3.36. The molecule has 162 valence electrons. The van der Waals surface area contributed by atoms with Crippen LogP contribution < -0.4 is 9.80 Å². The molecule has 1 fully saturated rings. The van der Waals surface area contributed by atoms with Crippen LogP contribution in [0.15, 0.2) is 60.9 Å². The van der Waals surface area contributed by atoms with Crippen molar-refractivity contribution in [3.8, 4) is 16.9 Å². The minimum Gasteiger partial charge on any atom is -0.497 e. The van der Waals surface area contributed by atoms with Crippen molar-refractivity contribution < 1.29 is 19.1 Å². The van der Waals surface area contributed by atoms with E-state index < -0.39 is 6.09 Å². The lowest BCUT2D eigenvalue weighted by atomic mass is 10.1. The highest BCUT2D eigenvalue weighted by Gasteiger charge is 2.27. The molecule has 0 saturated carbocycles. The van der Waals surface area contributed by atoms with Gasteiger partial charge < -0.3 is 14.4 Å². The first-order chi connectivity index (χ1) is 15.1. The molecule has 0 radical (unpaired) electrons. The second-order valence-electron chi connectivity index (χ2n) is 7.51. The van der Waals surface area contributed by atoms with Crippen molar-refractivity contribution >= 4 is 11.8 Å². The smallest absolute Gasteiger partial charge is 0.439 e. The Kier molecular flexibility index (Phi) is 6.49. The van der Waals surface area contributed by atoms with Gasteiger partial charge in [-0.2, -0.15) is 10.2 Å². The summed E-state index contributed by atoms with van der Waals surface area (Å²) in [7, 11) is 3.64. The lowest BCUT2D eigenvalue weighted by molar-refractivity contribution is 0.0283. The summed E-state index contributed by atoms with van der Waals surface area (Å²) in [5.74, 6) is 0.713. The Morgan fingerprint density at radius 1 is 1.23 bits per heavy atom. The van der Waals surface area contributed by atoms with E-state index in [1.54, 1.807) is 13.3 Å². The quantitative estimate of drug-likeness (QED) is 0.583. The van der Waals surface area contributed by atoms with Crippen LogP contribution >= 0.6 is 0 Å². The predicted molar refractivity (Wildman–Crippen MR) is 117 cm³/mol. The first kappa shape index (κ1) is 20.9. The zero-order valence-corrected chi connectivity index (χ0v) is 17.7. The van der Waals surface area contributed by atoms with E-state index in [9.17, 15) is 4.79 Å². The number of nitrogens with one attached hydrogen (secondary N) is 1. The van der Waals surface area contributed by atoms with Gasteiger partial charge in [-0.05, 0) is 48.9 Å². The molecule has 0 bridgehead atoms. The molecule has 1 atom stereocenters. The van der Waals surface area contributed by atoms with Crippen LogP contribution in [0, 0.1) is 0 Å². The number of benzene rings is 2. The van der Waals surface area contributed by atoms with E-state index in [0.29, 0.717) is 11.4 Å². The number of hydrogen-bond donors (Lipinski definition) is 1. The molecule has 1 unspecified atom stereocenters. The molecule has 8 heteroatoms. The minimum atomic E-state index is -0.562. The molecule has 1 amide bonds. The van der Waals surface area contributed by atoms with Gasteiger partial charge >= 0.3 is 6.09 Å². The highest BCUT2D eigenvalue weighted by Crippen LogP contribution is 2.25. The number of carbonyl (C=O) groups excluding carboxylic acids is 1. The maximum Gasteiger partial charge on any atom is 0.439 e. The zero-order chi connectivity index (χ0) is 21.6. The largest absolute Gasteiger partial charge is 0.497 e. The van der Waals surface area contributed by atoms with Crippen molar-refractivity contribution in [1.82, 2.24) is 15.1 Å². The molecule has 1 N–H and O–H groups in total. The zero-order valence-electron chi connectivity index (χ0n) is 17.7. The number of aromatic amines is 1. The third-order valence-electron chi connectivity index (χ3n) is 5.20. The molecule has 0 spiro atoms. The molecule has 3 aromatic rings. The summed E-state index contributed by atoms with van der Waals surface area (Å²) in [6, 6.07) is 15.0. The van der Waals surface area contributed by atoms with Gasteiger partial charge in [0.15, 0.2) is 0 Å². The van der Waals surface area contributed by atoms with Gasteiger partial charge in [-0.15, -0.1) is 0 Å². The number of H-pyrrole nitrogens is 1. The van der Waals surface area contributed by atoms with Crippen LogP contribution in [0.4, 0.5) is 10.5 Å². The Morgan fingerprint density at radius 3 is 2.74 bits per heavy atom. The molecular weight excluding hydrogens is 396 g/mol. The van der Waals surface area contributed by atoms with E-state index in [-0.39, 0.29) is 12.7 Å². The van der Waals surface area contributed by atoms with Crippen molar-refractivity contribution in [2.75, 3.05) is 32.3 Å². The first-order valence-corrected chi connectivity index (χ1v) is 10.2. The molecule has 8 nitrogen and oxygen atoms in total. The molecule has 4 rings (SSSR count). The van der Waals surface area contributed by atoms with Crippen molar-refractivity contribution in [3.05, 3.63) is 66.5 Å². The van der Waals surface area contributed by atoms with E-state index in [1.165, 1.54) is 5.06 Å². The predicted octanol–water partition coefficient (Wildman–Crippen LogP) is 3.86. The fourth-order valence-corrected chi connectivity index (χ4v) is 3.50. The summed E-state index contributed by atoms with van der Waals surface area (Å²) >= 11 is 0. The van der Waals surface area contributed by atoms with Gasteiger partial charge in [-0.25, -0.2) is 4.79 Å². The molecule has 1 aliphatic heterocycles. The molecule has 1 aromatic heterocycles. The van der Waals surface area contributed by atoms with Crippen molar-refractivity contribution in [2.24, 2.45) is 0 Å². The molecular formula is C23H26N4O4. The van der Waals surface area contributed by atoms with Gasteiger partial charge in [0.2, 0.25) is 0 Å². The highest BCUT2D eigenvalue weighted by atomic mass is 16.7. The number of aromatic nitrogens is 2. The molecule has 0 aliphatic carbocycles. The van der Waals surface area contributed by atoms with E-state index >= 15 is 0 Å². The molecule has 2 aromatic carbocycles. The van der Waals surface area contributed by atoms with Gasteiger partial charge in [0.05, 0.1) is 19.0 Å². The number of likely N-dealkylation sites (tertiary alicyclic amines) is 1. The fraction of sp³-hybridized carbons (Fsp3) is 0.304. The number of amides is 1. The van der Waals surface area contributed by atoms with Crippen LogP contribution in [-0.4, -0.2) is 54.5 Å². The fourth-order valence-electron chi connectivity index (χ4n) is 3.50. The van der Waals surface area contributed by atoms with Crippen LogP contribution in [0.25, 0.3) is 11.1 Å². The Balaban J connectivity index is 1.49. The second-order valence-corrected chi connectivity index (χ2v) is 7.51. The van der Waals surface area contributed by atoms with E-state index in [0.717, 1.165) is 36.2 Å².